The molecule has 1 saturated carbocycles. The number of amides is 2. The summed E-state index contributed by atoms with van der Waals surface area (Å²) in [7, 11) is 1.81. The molecule has 1 aliphatic rings. The molecule has 1 aliphatic carbocycles. The first-order valence-electron chi connectivity index (χ1n) is 4.31. The highest BCUT2D eigenvalue weighted by molar-refractivity contribution is 9.09. The molecule has 12 heavy (non-hydrogen) atoms. The first-order chi connectivity index (χ1) is 5.74. The topological polar surface area (TPSA) is 32.3 Å². The maximum Gasteiger partial charge on any atom is 0.317 e. The molecule has 0 aromatic rings. The van der Waals surface area contributed by atoms with E-state index in [1.807, 2.05) is 7.05 Å². The molecule has 0 heterocycles. The molecular formula is C8H15BrN2O. The molecule has 2 amide bonds. The van der Waals surface area contributed by atoms with Crippen LogP contribution in [0.3, 0.4) is 0 Å². The maximum atomic E-state index is 11.3. The van der Waals surface area contributed by atoms with E-state index >= 15 is 0 Å². The second-order valence-corrected chi connectivity index (χ2v) is 3.98. The van der Waals surface area contributed by atoms with Crippen LogP contribution in [-0.4, -0.2) is 35.9 Å². The van der Waals surface area contributed by atoms with E-state index in [4.69, 9.17) is 0 Å². The van der Waals surface area contributed by atoms with Crippen LogP contribution in [0.25, 0.3) is 0 Å². The largest absolute Gasteiger partial charge is 0.335 e. The first kappa shape index (κ1) is 9.84. The molecule has 4 heteroatoms. The van der Waals surface area contributed by atoms with Gasteiger partial charge < -0.3 is 10.2 Å². The highest BCUT2D eigenvalue weighted by Crippen LogP contribution is 2.17. The molecule has 0 atom stereocenters. The van der Waals surface area contributed by atoms with Gasteiger partial charge >= 0.3 is 6.03 Å². The summed E-state index contributed by atoms with van der Waals surface area (Å²) in [6.45, 7) is 0.762. The molecule has 0 bridgehead atoms. The summed E-state index contributed by atoms with van der Waals surface area (Å²) < 4.78 is 0. The van der Waals surface area contributed by atoms with Gasteiger partial charge in [-0.1, -0.05) is 15.9 Å². The Labute approximate surface area is 81.6 Å². The van der Waals surface area contributed by atoms with Gasteiger partial charge in [0, 0.05) is 25.0 Å². The second-order valence-electron chi connectivity index (χ2n) is 3.19. The summed E-state index contributed by atoms with van der Waals surface area (Å²) in [5.74, 6) is 0. The molecule has 0 aliphatic heterocycles. The third kappa shape index (κ3) is 2.66. The summed E-state index contributed by atoms with van der Waals surface area (Å²) >= 11 is 3.29. The zero-order valence-corrected chi connectivity index (χ0v) is 8.93. The Morgan fingerprint density at radius 2 is 2.33 bits per heavy atom. The molecule has 70 valence electrons. The first-order valence-corrected chi connectivity index (χ1v) is 5.44. The van der Waals surface area contributed by atoms with Crippen molar-refractivity contribution in [3.05, 3.63) is 0 Å². The number of halogens is 1. The van der Waals surface area contributed by atoms with Gasteiger partial charge in [-0.15, -0.1) is 0 Å². The van der Waals surface area contributed by atoms with Gasteiger partial charge in [-0.3, -0.25) is 0 Å². The Morgan fingerprint density at radius 1 is 1.67 bits per heavy atom. The minimum atomic E-state index is 0.0548. The number of alkyl halides is 1. The van der Waals surface area contributed by atoms with Crippen molar-refractivity contribution in [2.75, 3.05) is 18.9 Å². The predicted octanol–water partition coefficient (Wildman–Crippen LogP) is 1.58. The molecule has 1 rings (SSSR count). The van der Waals surface area contributed by atoms with Gasteiger partial charge in [-0.2, -0.15) is 0 Å². The van der Waals surface area contributed by atoms with E-state index in [1.165, 1.54) is 6.42 Å². The van der Waals surface area contributed by atoms with E-state index in [0.717, 1.165) is 24.7 Å². The van der Waals surface area contributed by atoms with Gasteiger partial charge in [0.1, 0.15) is 0 Å². The normalized spacial score (nSPS) is 16.8. The molecule has 3 nitrogen and oxygen atoms in total. The fourth-order valence-corrected chi connectivity index (χ4v) is 1.60. The van der Waals surface area contributed by atoms with E-state index in [2.05, 4.69) is 21.2 Å². The lowest BCUT2D eigenvalue weighted by Gasteiger charge is -2.28. The average Bonchev–Trinajstić information content (AvgIpc) is 1.97. The number of nitrogens with zero attached hydrogens (tertiary/aromatic N) is 1. The molecule has 0 saturated heterocycles. The monoisotopic (exact) mass is 234 g/mol. The molecule has 1 N–H and O–H groups in total. The molecule has 0 aromatic carbocycles. The number of nitrogens with one attached hydrogen (secondary N) is 1. The minimum Gasteiger partial charge on any atom is -0.335 e. The van der Waals surface area contributed by atoms with Crippen molar-refractivity contribution in [3.8, 4) is 0 Å². The SMILES string of the molecule is CN(CCBr)C(=O)NC1CCC1. The third-order valence-electron chi connectivity index (χ3n) is 2.20. The smallest absolute Gasteiger partial charge is 0.317 e. The standard InChI is InChI=1S/C8H15BrN2O/c1-11(6-5-9)8(12)10-7-3-2-4-7/h7H,2-6H2,1H3,(H,10,12). The number of hydrogen-bond acceptors (Lipinski definition) is 1. The van der Waals surface area contributed by atoms with Crippen LogP contribution in [0.4, 0.5) is 4.79 Å². The van der Waals surface area contributed by atoms with Crippen molar-refractivity contribution < 1.29 is 4.79 Å². The summed E-state index contributed by atoms with van der Waals surface area (Å²) in [6, 6.07) is 0.495. The van der Waals surface area contributed by atoms with Crippen molar-refractivity contribution in [2.45, 2.75) is 25.3 Å². The fraction of sp³-hybridized carbons (Fsp3) is 0.875. The van der Waals surface area contributed by atoms with Gasteiger partial charge in [0.25, 0.3) is 0 Å². The zero-order valence-electron chi connectivity index (χ0n) is 7.35. The van der Waals surface area contributed by atoms with Crippen LogP contribution in [0.1, 0.15) is 19.3 Å². The number of carbonyl (C=O) groups excluding carboxylic acids is 1. The van der Waals surface area contributed by atoms with Crippen molar-refractivity contribution >= 4 is 22.0 Å². The summed E-state index contributed by atoms with van der Waals surface area (Å²) in [5.41, 5.74) is 0. The van der Waals surface area contributed by atoms with Crippen LogP contribution < -0.4 is 5.32 Å². The number of rotatable bonds is 3. The quantitative estimate of drug-likeness (QED) is 0.740. The van der Waals surface area contributed by atoms with Crippen LogP contribution in [0, 0.1) is 0 Å². The van der Waals surface area contributed by atoms with Gasteiger partial charge in [-0.05, 0) is 19.3 Å². The molecule has 1 fully saturated rings. The highest BCUT2D eigenvalue weighted by atomic mass is 79.9. The van der Waals surface area contributed by atoms with E-state index in [-0.39, 0.29) is 6.03 Å². The van der Waals surface area contributed by atoms with Gasteiger partial charge in [0.2, 0.25) is 0 Å². The van der Waals surface area contributed by atoms with Gasteiger partial charge in [0.15, 0.2) is 0 Å². The van der Waals surface area contributed by atoms with Crippen molar-refractivity contribution in [1.29, 1.82) is 0 Å². The Balaban J connectivity index is 2.16. The number of urea groups is 1. The predicted molar refractivity (Wildman–Crippen MR) is 52.6 cm³/mol. The molecule has 0 radical (unpaired) electrons. The summed E-state index contributed by atoms with van der Waals surface area (Å²) in [6.07, 6.45) is 3.55. The lowest BCUT2D eigenvalue weighted by atomic mass is 9.93. The third-order valence-corrected chi connectivity index (χ3v) is 2.55. The molecule has 0 unspecified atom stereocenters. The van der Waals surface area contributed by atoms with Crippen molar-refractivity contribution in [2.24, 2.45) is 0 Å². The second kappa shape index (κ2) is 4.70. The van der Waals surface area contributed by atoms with Crippen LogP contribution in [0.2, 0.25) is 0 Å². The van der Waals surface area contributed by atoms with Gasteiger partial charge in [0.05, 0.1) is 0 Å². The molecule has 0 spiro atoms. The van der Waals surface area contributed by atoms with E-state index in [1.54, 1.807) is 4.90 Å². The number of hydrogen-bond donors (Lipinski definition) is 1. The highest BCUT2D eigenvalue weighted by Gasteiger charge is 2.20. The summed E-state index contributed by atoms with van der Waals surface area (Å²) in [4.78, 5) is 13.0. The van der Waals surface area contributed by atoms with Gasteiger partial charge in [-0.25, -0.2) is 4.79 Å². The Morgan fingerprint density at radius 3 is 2.75 bits per heavy atom. The van der Waals surface area contributed by atoms with E-state index in [0.29, 0.717) is 6.04 Å². The van der Waals surface area contributed by atoms with Crippen LogP contribution in [-0.2, 0) is 0 Å². The Hall–Kier alpha value is -0.250. The Kier molecular flexibility index (Phi) is 3.85. The lowest BCUT2D eigenvalue weighted by Crippen LogP contribution is -2.46. The lowest BCUT2D eigenvalue weighted by molar-refractivity contribution is 0.199. The Bertz CT molecular complexity index is 159. The van der Waals surface area contributed by atoms with Crippen molar-refractivity contribution in [3.63, 3.8) is 0 Å². The van der Waals surface area contributed by atoms with E-state index in [9.17, 15) is 4.79 Å². The maximum absolute atomic E-state index is 11.3. The van der Waals surface area contributed by atoms with Crippen molar-refractivity contribution in [1.82, 2.24) is 10.2 Å². The summed E-state index contributed by atoms with van der Waals surface area (Å²) in [5, 5.41) is 3.80. The zero-order chi connectivity index (χ0) is 8.97. The van der Waals surface area contributed by atoms with E-state index < -0.39 is 0 Å². The average molecular weight is 235 g/mol. The molecule has 0 aromatic heterocycles. The number of carbonyl (C=O) groups is 1. The fourth-order valence-electron chi connectivity index (χ4n) is 1.07. The van der Waals surface area contributed by atoms with Crippen LogP contribution in [0.5, 0.6) is 0 Å². The minimum absolute atomic E-state index is 0.0548. The molecular weight excluding hydrogens is 220 g/mol. The van der Waals surface area contributed by atoms with Crippen LogP contribution >= 0.6 is 15.9 Å². The van der Waals surface area contributed by atoms with Crippen LogP contribution in [0.15, 0.2) is 0 Å².